The average Bonchev–Trinajstić information content (AvgIpc) is 1.65. The number of nitrogens with zero attached hydrogens (tertiary/aromatic N) is 2. The molecule has 439 valence electrons. The fourth-order valence-electron chi connectivity index (χ4n) is 9.81. The van der Waals surface area contributed by atoms with Crippen LogP contribution in [0.5, 0.6) is 34.5 Å². The molecule has 3 aliphatic rings. The zero-order chi connectivity index (χ0) is 56.7. The summed E-state index contributed by atoms with van der Waals surface area (Å²) in [7, 11) is 0. The molecule has 8 atom stereocenters. The third kappa shape index (κ3) is 31.2. The van der Waals surface area contributed by atoms with Crippen LogP contribution in [0.25, 0.3) is 0 Å². The summed E-state index contributed by atoms with van der Waals surface area (Å²) in [5, 5.41) is 30.1. The minimum atomic E-state index is -0.428. The van der Waals surface area contributed by atoms with Crippen LogP contribution in [0.3, 0.4) is 0 Å². The summed E-state index contributed by atoms with van der Waals surface area (Å²) in [6.45, 7) is 22.2. The van der Waals surface area contributed by atoms with Crippen molar-refractivity contribution < 1.29 is 309 Å². The summed E-state index contributed by atoms with van der Waals surface area (Å²) >= 11 is 24.5. The van der Waals surface area contributed by atoms with Gasteiger partial charge in [0.2, 0.25) is 0 Å². The molecule has 0 aliphatic heterocycles. The molecule has 8 nitrogen and oxygen atoms in total. The number of hydrogen-bond acceptors (Lipinski definition) is 8. The van der Waals surface area contributed by atoms with Gasteiger partial charge < -0.3 is 30.2 Å². The normalized spacial score (nSPS) is 19.1. The van der Waals surface area contributed by atoms with Crippen molar-refractivity contribution in [2.24, 2.45) is 51.8 Å². The molecule has 88 heavy (non-hydrogen) atoms. The van der Waals surface area contributed by atoms with Gasteiger partial charge >= 0.3 is 0 Å². The van der Waals surface area contributed by atoms with E-state index in [0.29, 0.717) is 45.7 Å². The molecule has 0 bridgehead atoms. The van der Waals surface area contributed by atoms with Gasteiger partial charge in [-0.25, -0.2) is 0 Å². The van der Waals surface area contributed by atoms with Gasteiger partial charge in [-0.15, -0.1) is 17.8 Å². The zero-order valence-corrected chi connectivity index (χ0v) is 81.6. The van der Waals surface area contributed by atoms with Crippen LogP contribution < -0.4 is 30.2 Å². The first kappa shape index (κ1) is 96.7. The molecule has 0 saturated heterocycles. The van der Waals surface area contributed by atoms with Crippen LogP contribution in [0.4, 0.5) is 0 Å². The molecule has 3 fully saturated rings. The summed E-state index contributed by atoms with van der Waals surface area (Å²) < 4.78 is 18.9. The topological polar surface area (TPSA) is 111 Å². The van der Waals surface area contributed by atoms with Crippen molar-refractivity contribution in [3.05, 3.63) is 231 Å². The third-order valence-electron chi connectivity index (χ3n) is 15.0. The molecule has 6 aromatic rings. The molecular formula is C66H67Br2Cl3N5O3Y9-3. The number of benzene rings is 6. The van der Waals surface area contributed by atoms with Crippen LogP contribution >= 0.6 is 66.7 Å². The van der Waals surface area contributed by atoms with Gasteiger partial charge in [0.15, 0.2) is 0 Å². The fraction of sp³-hybridized carbons (Fsp3) is 0.288. The van der Waals surface area contributed by atoms with E-state index in [1.807, 2.05) is 171 Å². The van der Waals surface area contributed by atoms with Crippen molar-refractivity contribution >= 4 is 66.7 Å². The van der Waals surface area contributed by atoms with E-state index in [9.17, 15) is 10.5 Å². The van der Waals surface area contributed by atoms with E-state index in [1.165, 1.54) is 5.56 Å². The van der Waals surface area contributed by atoms with Crippen molar-refractivity contribution in [3.8, 4) is 46.6 Å². The first-order valence-electron chi connectivity index (χ1n) is 26.2. The number of nitriles is 2. The summed E-state index contributed by atoms with van der Waals surface area (Å²) in [6, 6.07) is 56.3. The third-order valence-corrected chi connectivity index (χ3v) is 15.9. The monoisotopic (exact) mass is 2040 g/mol. The Balaban J connectivity index is -0.00000117. The Morgan fingerprint density at radius 3 is 1.16 bits per heavy atom. The average molecular weight is 2040 g/mol. The van der Waals surface area contributed by atoms with Crippen molar-refractivity contribution in [2.45, 2.75) is 67.1 Å². The molecule has 9 rings (SSSR count). The summed E-state index contributed by atoms with van der Waals surface area (Å²) in [5.74, 6) is 7.04. The quantitative estimate of drug-likeness (QED) is 0.0611. The van der Waals surface area contributed by atoms with Gasteiger partial charge in [-0.3, -0.25) is 19.6 Å². The summed E-state index contributed by atoms with van der Waals surface area (Å²) in [6.07, 6.45) is 6.19. The smallest absolute Gasteiger partial charge is 0.127 e. The van der Waals surface area contributed by atoms with Crippen LogP contribution in [0.2, 0.25) is 0 Å². The number of halogens is 5. The molecule has 6 aromatic carbocycles. The SMILES string of the molecule is C/C(Cl)=C/C1C([CH-]NC(C#N)c2cccc(Oc3ccccc3)c2)C1(C)C.CC1(C)C(C=C(Br)Br)C1[CH-]NC(C#N)c1cccc(Oc2ccccc2)c1.CC1(C)C(C=C(Cl)Cl)C1[CH-]NCc1cccc(Oc2ccccc2)c1.[Y].[Y].[Y].[Y].[Y].[Y].[Y].[Y].[Y]. The standard InChI is InChI=1S/C23H24ClN2O.C22H21Br2N2O.C21H22Cl2NO.9Y/c1-16(24)12-20-21(23(20,2)3)15-26-22(14-25)17-8-7-11-19(13-17)27-18-9-5-4-6-10-18;1-22(2)18(12-21(23)24)19(22)14-26-20(13-25)15-7-6-10-17(11-15)27-16-8-4-3-5-9-16;1-21(2)18(12-20(22)23)19(21)14-24-13-15-7-6-10-17(11-15)25-16-8-4-3-5-9-16;;;;;;;;;/h4-13,15,20-22,26H,1-3H3;3-12,14,18-20,26H,1-2H3;3-12,14,18-19,24H,13H2,1-2H3;;;;;;;;;/q3*-1;;;;;;;;;/b16-12-;;;;;;;;;;;. The van der Waals surface area contributed by atoms with Crippen LogP contribution in [0.15, 0.2) is 195 Å². The fourth-order valence-corrected chi connectivity index (χ4v) is 10.8. The molecule has 3 saturated carbocycles. The van der Waals surface area contributed by atoms with Gasteiger partial charge in [0, 0.05) is 299 Å². The molecular weight excluding hydrogens is 1980 g/mol. The van der Waals surface area contributed by atoms with Crippen LogP contribution in [-0.4, -0.2) is 0 Å². The molecule has 0 aromatic heterocycles. The summed E-state index contributed by atoms with van der Waals surface area (Å²) in [4.78, 5) is 0. The van der Waals surface area contributed by atoms with Gasteiger partial charge in [-0.1, -0.05) is 202 Å². The van der Waals surface area contributed by atoms with E-state index < -0.39 is 12.1 Å². The van der Waals surface area contributed by atoms with Crippen molar-refractivity contribution in [3.63, 3.8) is 0 Å². The predicted octanol–water partition coefficient (Wildman–Crippen LogP) is 19.2. The maximum Gasteiger partial charge on any atom is 0.127 e. The van der Waals surface area contributed by atoms with Crippen LogP contribution in [-0.2, 0) is 301 Å². The van der Waals surface area contributed by atoms with E-state index in [2.05, 4.69) is 139 Å². The maximum absolute atomic E-state index is 9.63. The Bertz CT molecular complexity index is 3010. The number of para-hydroxylation sites is 3. The first-order chi connectivity index (χ1) is 37.8. The second-order valence-electron chi connectivity index (χ2n) is 21.7. The minimum absolute atomic E-state index is 0. The number of hydrogen-bond donors (Lipinski definition) is 3. The Hall–Kier alpha value is 4.57. The Morgan fingerprint density at radius 2 is 0.807 bits per heavy atom. The maximum atomic E-state index is 9.63. The number of ether oxygens (including phenoxy) is 3. The number of rotatable bonds is 21. The number of nitrogens with one attached hydrogen (secondary N) is 3. The van der Waals surface area contributed by atoms with Crippen molar-refractivity contribution in [1.29, 1.82) is 10.5 Å². The Morgan fingerprint density at radius 1 is 0.477 bits per heavy atom. The second-order valence-corrected chi connectivity index (χ2v) is 26.0. The van der Waals surface area contributed by atoms with Crippen LogP contribution in [0, 0.1) is 94.0 Å². The molecule has 3 N–H and O–H groups in total. The molecule has 22 heteroatoms. The van der Waals surface area contributed by atoms with E-state index in [4.69, 9.17) is 49.0 Å². The van der Waals surface area contributed by atoms with E-state index in [-0.39, 0.29) is 311 Å². The molecule has 0 amide bonds. The predicted molar refractivity (Wildman–Crippen MR) is 329 cm³/mol. The van der Waals surface area contributed by atoms with Gasteiger partial charge in [0.25, 0.3) is 0 Å². The molecule has 0 heterocycles. The van der Waals surface area contributed by atoms with Gasteiger partial charge in [0.05, 0.1) is 27.6 Å². The first-order valence-corrected chi connectivity index (χ1v) is 28.9. The number of allylic oxidation sites excluding steroid dienone is 4. The van der Waals surface area contributed by atoms with Crippen molar-refractivity contribution in [2.75, 3.05) is 0 Å². The van der Waals surface area contributed by atoms with Crippen LogP contribution in [0.1, 0.15) is 77.2 Å². The molecule has 8 unspecified atom stereocenters. The van der Waals surface area contributed by atoms with Crippen molar-refractivity contribution in [1.82, 2.24) is 16.0 Å². The molecule has 9 radical (unpaired) electrons. The zero-order valence-electron chi connectivity index (χ0n) is 50.6. The minimum Gasteiger partial charge on any atom is -0.466 e. The van der Waals surface area contributed by atoms with E-state index in [1.54, 1.807) is 0 Å². The molecule has 3 aliphatic carbocycles. The Kier molecular flexibility index (Phi) is 53.2. The molecule has 0 spiro atoms. The van der Waals surface area contributed by atoms with Gasteiger partial charge in [-0.2, -0.15) is 10.5 Å². The summed E-state index contributed by atoms with van der Waals surface area (Å²) in [5.41, 5.74) is 3.46. The van der Waals surface area contributed by atoms with E-state index >= 15 is 0 Å². The largest absolute Gasteiger partial charge is 0.466 e. The Labute approximate surface area is 782 Å². The van der Waals surface area contributed by atoms with E-state index in [0.717, 1.165) is 54.8 Å². The van der Waals surface area contributed by atoms with Gasteiger partial charge in [0.1, 0.15) is 39.0 Å². The second kappa shape index (κ2) is 48.4. The van der Waals surface area contributed by atoms with Gasteiger partial charge in [-0.05, 0) is 153 Å².